The van der Waals surface area contributed by atoms with Gasteiger partial charge in [0.05, 0.1) is 270 Å². The van der Waals surface area contributed by atoms with Crippen molar-refractivity contribution in [3.63, 3.8) is 0 Å². The largest absolute Gasteiger partial charge is 0.394 e. The number of aliphatic hydroxyl groups is 1. The lowest BCUT2D eigenvalue weighted by Gasteiger charge is -2.58. The molecule has 21 heteroatoms. The maximum atomic E-state index is 8.62. The molecule has 3 saturated carbocycles. The molecule has 92 heavy (non-hydrogen) atoms. The van der Waals surface area contributed by atoms with Crippen LogP contribution in [0.15, 0.2) is 11.6 Å². The van der Waals surface area contributed by atoms with Gasteiger partial charge in [-0.05, 0) is 104 Å². The average molecular weight is 1320 g/mol. The standard InChI is InChI=1S/C71H134O21/c1-7-63(61(2)3)11-9-8-10-62(4)67-14-15-68-66-13-12-64-60-65(16-18-70(64,5)69(66)17-19-71(67,68)6)92-59-58-91-57-56-90-55-54-89-53-52-88-51-50-87-49-48-86-47-46-85-45-44-84-43-42-83-41-40-82-39-38-81-37-36-80-35-34-79-33-32-78-31-30-77-29-28-76-27-26-75-25-24-74-23-22-73-21-20-72/h12,61-63,65-69,72H,7-11,13-60H2,1-6H3/t62?,63?,65?,66-,67+,68-,69-,70-,71+/m0/s1. The van der Waals surface area contributed by atoms with Crippen LogP contribution in [0.1, 0.15) is 125 Å². The summed E-state index contributed by atoms with van der Waals surface area (Å²) in [4.78, 5) is 0. The van der Waals surface area contributed by atoms with E-state index in [0.29, 0.717) is 275 Å². The Morgan fingerprint density at radius 2 is 0.717 bits per heavy atom. The summed E-state index contributed by atoms with van der Waals surface area (Å²) in [5, 5.41) is 8.62. The predicted octanol–water partition coefficient (Wildman–Crippen LogP) is 9.14. The molecular weight excluding hydrogens is 1190 g/mol. The zero-order valence-corrected chi connectivity index (χ0v) is 58.8. The Morgan fingerprint density at radius 3 is 1.04 bits per heavy atom. The third-order valence-electron chi connectivity index (χ3n) is 19.3. The van der Waals surface area contributed by atoms with Gasteiger partial charge in [0, 0.05) is 0 Å². The fraction of sp³-hybridized carbons (Fsp3) is 0.972. The highest BCUT2D eigenvalue weighted by molar-refractivity contribution is 5.25. The smallest absolute Gasteiger partial charge is 0.0704 e. The Labute approximate surface area is 557 Å². The third kappa shape index (κ3) is 37.7. The van der Waals surface area contributed by atoms with Gasteiger partial charge < -0.3 is 99.8 Å². The molecule has 0 aromatic heterocycles. The number of hydrogen-bond donors (Lipinski definition) is 1. The topological polar surface area (TPSA) is 205 Å². The Balaban J connectivity index is 0.767. The molecule has 0 heterocycles. The van der Waals surface area contributed by atoms with Gasteiger partial charge >= 0.3 is 0 Å². The van der Waals surface area contributed by atoms with Crippen LogP contribution in [0.2, 0.25) is 0 Å². The molecule has 3 fully saturated rings. The second-order valence-corrected chi connectivity index (χ2v) is 25.8. The Kier molecular flexibility index (Phi) is 51.4. The van der Waals surface area contributed by atoms with E-state index >= 15 is 0 Å². The molecule has 0 saturated heterocycles. The van der Waals surface area contributed by atoms with Crippen molar-refractivity contribution in [2.45, 2.75) is 131 Å². The lowest BCUT2D eigenvalue weighted by Crippen LogP contribution is -2.51. The van der Waals surface area contributed by atoms with Gasteiger partial charge in [-0.3, -0.25) is 0 Å². The van der Waals surface area contributed by atoms with E-state index in [4.69, 9.17) is 99.8 Å². The second kappa shape index (κ2) is 56.7. The first-order valence-electron chi connectivity index (χ1n) is 36.1. The highest BCUT2D eigenvalue weighted by Crippen LogP contribution is 2.67. The van der Waals surface area contributed by atoms with Crippen molar-refractivity contribution in [2.75, 3.05) is 264 Å². The van der Waals surface area contributed by atoms with Crippen molar-refractivity contribution >= 4 is 0 Å². The SMILES string of the molecule is CCC(CCCCC(C)[C@H]1CC[C@H]2[C@@H]3CC=C4CC(OCCOCCOCCOCCOCCOCCOCCOCCOCCOCCOCCOCCOCCOCCOCCOCCOCCOCCOCCOCCO)CC[C@]4(C)[C@H]3CC[C@]12C)C(C)C. The zero-order chi connectivity index (χ0) is 65.5. The summed E-state index contributed by atoms with van der Waals surface area (Å²) in [6.45, 7) is 34.8. The summed E-state index contributed by atoms with van der Waals surface area (Å²) in [5.74, 6) is 6.13. The van der Waals surface area contributed by atoms with Crippen LogP contribution in [-0.2, 0) is 94.7 Å². The Hall–Kier alpha value is -1.10. The summed E-state index contributed by atoms with van der Waals surface area (Å²) >= 11 is 0. The molecule has 0 aromatic rings. The van der Waals surface area contributed by atoms with Crippen LogP contribution < -0.4 is 0 Å². The Morgan fingerprint density at radius 1 is 0.391 bits per heavy atom. The van der Waals surface area contributed by atoms with E-state index in [1.54, 1.807) is 5.57 Å². The average Bonchev–Trinajstić information content (AvgIpc) is 1.38. The van der Waals surface area contributed by atoms with Crippen molar-refractivity contribution in [1.29, 1.82) is 0 Å². The number of fused-ring (bicyclic) bond motifs is 5. The van der Waals surface area contributed by atoms with E-state index in [2.05, 4.69) is 47.6 Å². The molecule has 3 unspecified atom stereocenters. The van der Waals surface area contributed by atoms with Crippen molar-refractivity contribution < 1.29 is 99.8 Å². The maximum Gasteiger partial charge on any atom is 0.0704 e. The number of aliphatic hydroxyl groups excluding tert-OH is 1. The van der Waals surface area contributed by atoms with Crippen LogP contribution in [0.25, 0.3) is 0 Å². The first kappa shape index (κ1) is 83.3. The van der Waals surface area contributed by atoms with E-state index in [1.807, 2.05) is 0 Å². The van der Waals surface area contributed by atoms with Gasteiger partial charge in [-0.15, -0.1) is 0 Å². The number of unbranched alkanes of at least 4 members (excludes halogenated alkanes) is 1. The minimum absolute atomic E-state index is 0.0200. The molecule has 1 N–H and O–H groups in total. The first-order chi connectivity index (χ1) is 45.2. The summed E-state index contributed by atoms with van der Waals surface area (Å²) in [7, 11) is 0. The molecule has 0 aliphatic heterocycles. The summed E-state index contributed by atoms with van der Waals surface area (Å²) in [5.41, 5.74) is 2.60. The molecule has 0 bridgehead atoms. The molecule has 21 nitrogen and oxygen atoms in total. The molecule has 544 valence electrons. The summed E-state index contributed by atoms with van der Waals surface area (Å²) < 4.78 is 112. The van der Waals surface area contributed by atoms with E-state index in [0.717, 1.165) is 47.8 Å². The molecule has 9 atom stereocenters. The van der Waals surface area contributed by atoms with Gasteiger partial charge in [-0.1, -0.05) is 85.3 Å². The molecule has 0 radical (unpaired) electrons. The fourth-order valence-corrected chi connectivity index (χ4v) is 14.2. The van der Waals surface area contributed by atoms with Gasteiger partial charge in [-0.25, -0.2) is 0 Å². The van der Waals surface area contributed by atoms with Crippen molar-refractivity contribution in [3.05, 3.63) is 11.6 Å². The highest BCUT2D eigenvalue weighted by Gasteiger charge is 2.59. The van der Waals surface area contributed by atoms with Crippen LogP contribution in [0.5, 0.6) is 0 Å². The van der Waals surface area contributed by atoms with Crippen LogP contribution in [0.4, 0.5) is 0 Å². The Bertz CT molecular complexity index is 1670. The van der Waals surface area contributed by atoms with Crippen molar-refractivity contribution in [2.24, 2.45) is 52.3 Å². The van der Waals surface area contributed by atoms with Crippen LogP contribution in [0.3, 0.4) is 0 Å². The summed E-state index contributed by atoms with van der Waals surface area (Å²) in [6.07, 6.45) is 20.7. The van der Waals surface area contributed by atoms with Gasteiger partial charge in [0.25, 0.3) is 0 Å². The number of rotatable bonds is 68. The van der Waals surface area contributed by atoms with Crippen LogP contribution in [-0.4, -0.2) is 275 Å². The molecule has 4 aliphatic rings. The third-order valence-corrected chi connectivity index (χ3v) is 19.3. The zero-order valence-electron chi connectivity index (χ0n) is 58.8. The van der Waals surface area contributed by atoms with Gasteiger partial charge in [0.2, 0.25) is 0 Å². The van der Waals surface area contributed by atoms with Crippen LogP contribution >= 0.6 is 0 Å². The first-order valence-corrected chi connectivity index (χ1v) is 36.1. The molecule has 0 amide bonds. The van der Waals surface area contributed by atoms with Crippen LogP contribution in [0, 0.1) is 52.3 Å². The predicted molar refractivity (Wildman–Crippen MR) is 354 cm³/mol. The molecule has 0 aromatic carbocycles. The number of hydrogen-bond acceptors (Lipinski definition) is 21. The van der Waals surface area contributed by atoms with E-state index < -0.39 is 0 Å². The monoisotopic (exact) mass is 1320 g/mol. The normalized spacial score (nSPS) is 22.9. The minimum atomic E-state index is 0.0200. The van der Waals surface area contributed by atoms with E-state index in [1.165, 1.54) is 77.0 Å². The number of ether oxygens (including phenoxy) is 20. The van der Waals surface area contributed by atoms with E-state index in [-0.39, 0.29) is 6.61 Å². The maximum absolute atomic E-state index is 8.62. The molecular formula is C71H134O21. The molecule has 4 aliphatic carbocycles. The fourth-order valence-electron chi connectivity index (χ4n) is 14.2. The summed E-state index contributed by atoms with van der Waals surface area (Å²) in [6, 6.07) is 0. The quantitative estimate of drug-likeness (QED) is 0.0445. The lowest BCUT2D eigenvalue weighted by atomic mass is 9.47. The van der Waals surface area contributed by atoms with Gasteiger partial charge in [-0.2, -0.15) is 0 Å². The second-order valence-electron chi connectivity index (χ2n) is 25.8. The van der Waals surface area contributed by atoms with Gasteiger partial charge in [0.1, 0.15) is 0 Å². The minimum Gasteiger partial charge on any atom is -0.394 e. The van der Waals surface area contributed by atoms with Crippen molar-refractivity contribution in [3.8, 4) is 0 Å². The molecule has 4 rings (SSSR count). The highest BCUT2D eigenvalue weighted by atomic mass is 16.6. The number of allylic oxidation sites excluding steroid dienone is 1. The molecule has 0 spiro atoms. The van der Waals surface area contributed by atoms with Gasteiger partial charge in [0.15, 0.2) is 0 Å². The lowest BCUT2D eigenvalue weighted by molar-refractivity contribution is -0.0692. The van der Waals surface area contributed by atoms with Crippen molar-refractivity contribution in [1.82, 2.24) is 0 Å². The van der Waals surface area contributed by atoms with E-state index in [9.17, 15) is 0 Å².